The molecule has 2 heterocycles. The van der Waals surface area contributed by atoms with E-state index >= 15 is 0 Å². The van der Waals surface area contributed by atoms with E-state index in [9.17, 15) is 0 Å². The predicted molar refractivity (Wildman–Crippen MR) is 97.4 cm³/mol. The Hall–Kier alpha value is -1.65. The maximum absolute atomic E-state index is 5.94. The van der Waals surface area contributed by atoms with E-state index in [0.717, 1.165) is 30.2 Å². The van der Waals surface area contributed by atoms with Gasteiger partial charge in [-0.05, 0) is 62.7 Å². The van der Waals surface area contributed by atoms with Crippen LogP contribution in [0.5, 0.6) is 5.75 Å². The van der Waals surface area contributed by atoms with E-state index in [1.165, 1.54) is 19.4 Å². The first-order valence-corrected chi connectivity index (χ1v) is 8.96. The molecular formula is C19H24ClN3O. The molecule has 1 aromatic heterocycles. The van der Waals surface area contributed by atoms with Gasteiger partial charge < -0.3 is 9.64 Å². The molecule has 0 aliphatic carbocycles. The minimum absolute atomic E-state index is 0.403. The van der Waals surface area contributed by atoms with Gasteiger partial charge in [0.1, 0.15) is 5.75 Å². The molecule has 1 aliphatic rings. The predicted octanol–water partition coefficient (Wildman–Crippen LogP) is 4.30. The maximum Gasteiger partial charge on any atom is 0.151 e. The van der Waals surface area contributed by atoms with Crippen molar-refractivity contribution in [3.63, 3.8) is 0 Å². The Labute approximate surface area is 148 Å². The summed E-state index contributed by atoms with van der Waals surface area (Å²) < 4.78 is 5.94. The van der Waals surface area contributed by atoms with Gasteiger partial charge in [-0.3, -0.25) is 0 Å². The molecule has 1 saturated heterocycles. The second-order valence-electron chi connectivity index (χ2n) is 6.67. The number of aromatic nitrogens is 2. The second-order valence-corrected chi connectivity index (χ2v) is 7.06. The van der Waals surface area contributed by atoms with Gasteiger partial charge >= 0.3 is 0 Å². The van der Waals surface area contributed by atoms with Gasteiger partial charge in [0.05, 0.1) is 12.3 Å². The van der Waals surface area contributed by atoms with Crippen LogP contribution in [0, 0.1) is 5.92 Å². The zero-order valence-corrected chi connectivity index (χ0v) is 15.0. The van der Waals surface area contributed by atoms with Crippen molar-refractivity contribution < 1.29 is 4.74 Å². The molecule has 1 aromatic carbocycles. The fraction of sp³-hybridized carbons (Fsp3) is 0.474. The summed E-state index contributed by atoms with van der Waals surface area (Å²) in [4.78, 5) is 2.57. The summed E-state index contributed by atoms with van der Waals surface area (Å²) in [6, 6.07) is 12.3. The first-order valence-electron chi connectivity index (χ1n) is 8.58. The summed E-state index contributed by atoms with van der Waals surface area (Å²) in [5.74, 6) is 1.41. The highest BCUT2D eigenvalue weighted by Crippen LogP contribution is 2.22. The zero-order chi connectivity index (χ0) is 16.9. The highest BCUT2D eigenvalue weighted by molar-refractivity contribution is 6.29. The molecule has 0 spiro atoms. The molecule has 4 nitrogen and oxygen atoms in total. The highest BCUT2D eigenvalue weighted by atomic mass is 35.5. The average molecular weight is 346 g/mol. The van der Waals surface area contributed by atoms with Gasteiger partial charge in [-0.25, -0.2) is 0 Å². The Balaban J connectivity index is 1.51. The Morgan fingerprint density at radius 1 is 1.21 bits per heavy atom. The molecule has 0 amide bonds. The Morgan fingerprint density at radius 3 is 2.62 bits per heavy atom. The van der Waals surface area contributed by atoms with Crippen molar-refractivity contribution in [2.75, 3.05) is 19.7 Å². The van der Waals surface area contributed by atoms with Crippen molar-refractivity contribution in [2.45, 2.75) is 32.7 Å². The standard InChI is InChI=1S/C19H24ClN3O/c1-14(12-23-11-3-4-15(23)2)13-24-17-7-5-16(6-8-17)18-9-10-19(20)22-21-18/h5-10,14-15H,3-4,11-13H2,1-2H3. The van der Waals surface area contributed by atoms with Gasteiger partial charge in [-0.15, -0.1) is 10.2 Å². The van der Waals surface area contributed by atoms with Crippen LogP contribution in [0.15, 0.2) is 36.4 Å². The number of benzene rings is 1. The molecule has 2 unspecified atom stereocenters. The lowest BCUT2D eigenvalue weighted by Crippen LogP contribution is -2.33. The largest absolute Gasteiger partial charge is 0.493 e. The lowest BCUT2D eigenvalue weighted by atomic mass is 10.1. The summed E-state index contributed by atoms with van der Waals surface area (Å²) in [6.07, 6.45) is 2.65. The van der Waals surface area contributed by atoms with Crippen molar-refractivity contribution in [1.82, 2.24) is 15.1 Å². The van der Waals surface area contributed by atoms with E-state index in [0.29, 0.717) is 17.1 Å². The molecule has 2 atom stereocenters. The van der Waals surface area contributed by atoms with Crippen LogP contribution in [0.2, 0.25) is 5.15 Å². The number of ether oxygens (including phenoxy) is 1. The van der Waals surface area contributed by atoms with Crippen LogP contribution in [-0.2, 0) is 0 Å². The lowest BCUT2D eigenvalue weighted by Gasteiger charge is -2.24. The number of likely N-dealkylation sites (tertiary alicyclic amines) is 1. The zero-order valence-electron chi connectivity index (χ0n) is 14.3. The Kier molecular flexibility index (Phi) is 5.69. The van der Waals surface area contributed by atoms with Gasteiger partial charge in [0.2, 0.25) is 0 Å². The molecule has 0 bridgehead atoms. The molecule has 1 aliphatic heterocycles. The molecular weight excluding hydrogens is 322 g/mol. The third-order valence-electron chi connectivity index (χ3n) is 4.55. The summed E-state index contributed by atoms with van der Waals surface area (Å²) in [5.41, 5.74) is 1.81. The molecule has 0 N–H and O–H groups in total. The van der Waals surface area contributed by atoms with E-state index in [1.54, 1.807) is 6.07 Å². The average Bonchev–Trinajstić information content (AvgIpc) is 2.99. The topological polar surface area (TPSA) is 38.3 Å². The lowest BCUT2D eigenvalue weighted by molar-refractivity contribution is 0.181. The highest BCUT2D eigenvalue weighted by Gasteiger charge is 2.21. The van der Waals surface area contributed by atoms with Gasteiger partial charge in [0, 0.05) is 24.1 Å². The van der Waals surface area contributed by atoms with E-state index in [2.05, 4.69) is 28.9 Å². The summed E-state index contributed by atoms with van der Waals surface area (Å²) >= 11 is 5.77. The first-order chi connectivity index (χ1) is 11.6. The van der Waals surface area contributed by atoms with Crippen LogP contribution in [0.25, 0.3) is 11.3 Å². The minimum atomic E-state index is 0.403. The number of nitrogens with zero attached hydrogens (tertiary/aromatic N) is 3. The molecule has 2 aromatic rings. The van der Waals surface area contributed by atoms with E-state index in [4.69, 9.17) is 16.3 Å². The molecule has 128 valence electrons. The number of halogens is 1. The van der Waals surface area contributed by atoms with Crippen molar-refractivity contribution in [1.29, 1.82) is 0 Å². The van der Waals surface area contributed by atoms with Crippen molar-refractivity contribution in [3.8, 4) is 17.0 Å². The van der Waals surface area contributed by atoms with Crippen LogP contribution in [0.3, 0.4) is 0 Å². The van der Waals surface area contributed by atoms with E-state index in [-0.39, 0.29) is 0 Å². The maximum atomic E-state index is 5.94. The van der Waals surface area contributed by atoms with Crippen molar-refractivity contribution in [2.24, 2.45) is 5.92 Å². The Morgan fingerprint density at radius 2 is 2.00 bits per heavy atom. The van der Waals surface area contributed by atoms with Gasteiger partial charge in [0.15, 0.2) is 5.15 Å². The summed E-state index contributed by atoms with van der Waals surface area (Å²) in [5, 5.41) is 8.36. The molecule has 0 radical (unpaired) electrons. The quantitative estimate of drug-likeness (QED) is 0.782. The van der Waals surface area contributed by atoms with E-state index in [1.807, 2.05) is 30.3 Å². The fourth-order valence-electron chi connectivity index (χ4n) is 3.15. The van der Waals surface area contributed by atoms with E-state index < -0.39 is 0 Å². The van der Waals surface area contributed by atoms with Gasteiger partial charge in [-0.1, -0.05) is 18.5 Å². The smallest absolute Gasteiger partial charge is 0.151 e. The molecule has 3 rings (SSSR count). The minimum Gasteiger partial charge on any atom is -0.493 e. The van der Waals surface area contributed by atoms with Crippen LogP contribution in [-0.4, -0.2) is 40.8 Å². The van der Waals surface area contributed by atoms with Crippen LogP contribution in [0.4, 0.5) is 0 Å². The first kappa shape index (κ1) is 17.2. The number of hydrogen-bond donors (Lipinski definition) is 0. The molecule has 0 saturated carbocycles. The van der Waals surface area contributed by atoms with Crippen molar-refractivity contribution in [3.05, 3.63) is 41.6 Å². The number of hydrogen-bond acceptors (Lipinski definition) is 4. The summed E-state index contributed by atoms with van der Waals surface area (Å²) in [6.45, 7) is 7.65. The molecule has 5 heteroatoms. The van der Waals surface area contributed by atoms with Crippen LogP contribution in [0.1, 0.15) is 26.7 Å². The molecule has 1 fully saturated rings. The van der Waals surface area contributed by atoms with Crippen molar-refractivity contribution >= 4 is 11.6 Å². The Bertz CT molecular complexity index is 645. The van der Waals surface area contributed by atoms with Crippen LogP contribution < -0.4 is 4.74 Å². The van der Waals surface area contributed by atoms with Gasteiger partial charge in [-0.2, -0.15) is 0 Å². The normalized spacial score (nSPS) is 19.4. The second kappa shape index (κ2) is 7.95. The third-order valence-corrected chi connectivity index (χ3v) is 4.75. The molecule has 24 heavy (non-hydrogen) atoms. The fourth-order valence-corrected chi connectivity index (χ4v) is 3.25. The SMILES string of the molecule is CC(COc1ccc(-c2ccc(Cl)nn2)cc1)CN1CCCC1C. The van der Waals surface area contributed by atoms with Gasteiger partial charge in [0.25, 0.3) is 0 Å². The third kappa shape index (κ3) is 4.46. The summed E-state index contributed by atoms with van der Waals surface area (Å²) in [7, 11) is 0. The number of rotatable bonds is 6. The monoisotopic (exact) mass is 345 g/mol. The van der Waals surface area contributed by atoms with Crippen LogP contribution >= 0.6 is 11.6 Å².